The zero-order chi connectivity index (χ0) is 14.2. The van der Waals surface area contributed by atoms with Gasteiger partial charge in [-0.1, -0.05) is 29.8 Å². The molecule has 100 valence electrons. The smallest absolute Gasteiger partial charge is 0.128 e. The van der Waals surface area contributed by atoms with E-state index in [0.717, 1.165) is 17.7 Å². The number of rotatable bonds is 2. The van der Waals surface area contributed by atoms with Crippen LogP contribution in [0.15, 0.2) is 30.3 Å². The molecule has 0 heterocycles. The fourth-order valence-corrected chi connectivity index (χ4v) is 2.53. The zero-order valence-electron chi connectivity index (χ0n) is 10.5. The monoisotopic (exact) mass is 300 g/mol. The van der Waals surface area contributed by atoms with Crippen LogP contribution >= 0.6 is 23.2 Å². The lowest BCUT2D eigenvalue weighted by Crippen LogP contribution is -2.01. The first-order valence-corrected chi connectivity index (χ1v) is 6.58. The summed E-state index contributed by atoms with van der Waals surface area (Å²) < 4.78 is 27.5. The lowest BCUT2D eigenvalue weighted by atomic mass is 10.0. The van der Waals surface area contributed by atoms with Gasteiger partial charge in [-0.2, -0.15) is 0 Å². The SMILES string of the molecule is Cc1cc(F)c(C(Cl)c2cccc(C)c2Cl)cc1F. The highest BCUT2D eigenvalue weighted by Gasteiger charge is 2.20. The second kappa shape index (κ2) is 5.48. The maximum absolute atomic E-state index is 13.9. The van der Waals surface area contributed by atoms with E-state index in [2.05, 4.69) is 0 Å². The van der Waals surface area contributed by atoms with Crippen molar-refractivity contribution >= 4 is 23.2 Å². The Balaban J connectivity index is 2.53. The van der Waals surface area contributed by atoms with Crippen LogP contribution in [0.4, 0.5) is 8.78 Å². The standard InChI is InChI=1S/C15H12Cl2F2/c1-8-4-3-5-10(14(8)16)15(17)11-7-12(18)9(2)6-13(11)19/h3-7,15H,1-2H3. The average molecular weight is 301 g/mol. The lowest BCUT2D eigenvalue weighted by Gasteiger charge is -2.15. The molecule has 2 rings (SSSR count). The molecule has 0 saturated heterocycles. The fraction of sp³-hybridized carbons (Fsp3) is 0.200. The molecule has 2 aromatic carbocycles. The Labute approximate surface area is 121 Å². The highest BCUT2D eigenvalue weighted by Crippen LogP contribution is 2.36. The molecule has 2 aromatic rings. The van der Waals surface area contributed by atoms with Crippen LogP contribution in [-0.2, 0) is 0 Å². The van der Waals surface area contributed by atoms with Crippen molar-refractivity contribution in [2.24, 2.45) is 0 Å². The Hall–Kier alpha value is -1.12. The number of hydrogen-bond acceptors (Lipinski definition) is 0. The first-order chi connectivity index (χ1) is 8.91. The summed E-state index contributed by atoms with van der Waals surface area (Å²) in [4.78, 5) is 0. The maximum Gasteiger partial charge on any atom is 0.128 e. The Morgan fingerprint density at radius 2 is 1.63 bits per heavy atom. The molecule has 19 heavy (non-hydrogen) atoms. The van der Waals surface area contributed by atoms with Crippen molar-refractivity contribution in [2.75, 3.05) is 0 Å². The minimum atomic E-state index is -0.817. The molecule has 0 N–H and O–H groups in total. The number of alkyl halides is 1. The van der Waals surface area contributed by atoms with E-state index in [0.29, 0.717) is 10.6 Å². The van der Waals surface area contributed by atoms with Crippen molar-refractivity contribution in [1.29, 1.82) is 0 Å². The first kappa shape index (κ1) is 14.3. The molecule has 1 unspecified atom stereocenters. The van der Waals surface area contributed by atoms with Gasteiger partial charge in [0.15, 0.2) is 0 Å². The van der Waals surface area contributed by atoms with Crippen molar-refractivity contribution in [1.82, 2.24) is 0 Å². The van der Waals surface area contributed by atoms with Crippen molar-refractivity contribution in [3.63, 3.8) is 0 Å². The van der Waals surface area contributed by atoms with E-state index < -0.39 is 17.0 Å². The van der Waals surface area contributed by atoms with Gasteiger partial charge >= 0.3 is 0 Å². The van der Waals surface area contributed by atoms with Gasteiger partial charge in [0.2, 0.25) is 0 Å². The second-order valence-electron chi connectivity index (χ2n) is 4.46. The Kier molecular flexibility index (Phi) is 4.12. The van der Waals surface area contributed by atoms with Crippen molar-refractivity contribution < 1.29 is 8.78 Å². The predicted octanol–water partition coefficient (Wildman–Crippen LogP) is 5.56. The molecule has 0 radical (unpaired) electrons. The van der Waals surface area contributed by atoms with E-state index in [1.54, 1.807) is 12.1 Å². The normalized spacial score (nSPS) is 12.5. The average Bonchev–Trinajstić information content (AvgIpc) is 2.36. The third-order valence-corrected chi connectivity index (χ3v) is 4.03. The van der Waals surface area contributed by atoms with Gasteiger partial charge in [0, 0.05) is 10.6 Å². The minimum Gasteiger partial charge on any atom is -0.207 e. The largest absolute Gasteiger partial charge is 0.207 e. The van der Waals surface area contributed by atoms with Crippen molar-refractivity contribution in [2.45, 2.75) is 19.2 Å². The molecule has 0 nitrogen and oxygen atoms in total. The molecule has 0 fully saturated rings. The molecule has 0 aromatic heterocycles. The van der Waals surface area contributed by atoms with Gasteiger partial charge in [0.25, 0.3) is 0 Å². The van der Waals surface area contributed by atoms with Gasteiger partial charge in [0.05, 0.1) is 5.38 Å². The molecular weight excluding hydrogens is 289 g/mol. The van der Waals surface area contributed by atoms with Crippen LogP contribution in [0.2, 0.25) is 5.02 Å². The van der Waals surface area contributed by atoms with E-state index >= 15 is 0 Å². The molecular formula is C15H12Cl2F2. The molecule has 4 heteroatoms. The van der Waals surface area contributed by atoms with Gasteiger partial charge in [-0.05, 0) is 42.7 Å². The topological polar surface area (TPSA) is 0 Å². The van der Waals surface area contributed by atoms with Crippen molar-refractivity contribution in [3.8, 4) is 0 Å². The molecule has 0 saturated carbocycles. The zero-order valence-corrected chi connectivity index (χ0v) is 12.0. The van der Waals surface area contributed by atoms with Gasteiger partial charge in [0.1, 0.15) is 11.6 Å². The first-order valence-electron chi connectivity index (χ1n) is 5.76. The van der Waals surface area contributed by atoms with Gasteiger partial charge < -0.3 is 0 Å². The Morgan fingerprint density at radius 1 is 0.947 bits per heavy atom. The van der Waals surface area contributed by atoms with Gasteiger partial charge in [-0.25, -0.2) is 8.78 Å². The summed E-state index contributed by atoms with van der Waals surface area (Å²) in [5, 5.41) is -0.342. The number of halogens is 4. The fourth-order valence-electron chi connectivity index (χ4n) is 1.89. The van der Waals surface area contributed by atoms with E-state index in [1.165, 1.54) is 6.92 Å². The Morgan fingerprint density at radius 3 is 2.32 bits per heavy atom. The van der Waals surface area contributed by atoms with Crippen LogP contribution in [0.5, 0.6) is 0 Å². The number of benzene rings is 2. The van der Waals surface area contributed by atoms with E-state index in [4.69, 9.17) is 23.2 Å². The van der Waals surface area contributed by atoms with Crippen LogP contribution < -0.4 is 0 Å². The summed E-state index contributed by atoms with van der Waals surface area (Å²) in [5.74, 6) is -1.01. The minimum absolute atomic E-state index is 0.0947. The van der Waals surface area contributed by atoms with Crippen LogP contribution in [-0.4, -0.2) is 0 Å². The van der Waals surface area contributed by atoms with Crippen LogP contribution in [0.25, 0.3) is 0 Å². The number of aryl methyl sites for hydroxylation is 2. The van der Waals surface area contributed by atoms with Gasteiger partial charge in [-0.15, -0.1) is 11.6 Å². The quantitative estimate of drug-likeness (QED) is 0.637. The summed E-state index contributed by atoms with van der Waals surface area (Å²) >= 11 is 12.4. The molecule has 0 aliphatic rings. The highest BCUT2D eigenvalue weighted by atomic mass is 35.5. The molecule has 0 aliphatic heterocycles. The summed E-state index contributed by atoms with van der Waals surface area (Å²) in [6, 6.07) is 7.60. The van der Waals surface area contributed by atoms with Crippen molar-refractivity contribution in [3.05, 3.63) is 69.2 Å². The summed E-state index contributed by atoms with van der Waals surface area (Å²) in [6.45, 7) is 3.34. The third-order valence-electron chi connectivity index (χ3n) is 3.05. The van der Waals surface area contributed by atoms with Crippen LogP contribution in [0, 0.1) is 25.5 Å². The van der Waals surface area contributed by atoms with Crippen LogP contribution in [0.1, 0.15) is 27.6 Å². The third kappa shape index (κ3) is 2.75. The number of hydrogen-bond donors (Lipinski definition) is 0. The Bertz CT molecular complexity index is 624. The lowest BCUT2D eigenvalue weighted by molar-refractivity contribution is 0.580. The summed E-state index contributed by atoms with van der Waals surface area (Å²) in [6.07, 6.45) is 0. The molecule has 1 atom stereocenters. The van der Waals surface area contributed by atoms with Gasteiger partial charge in [-0.3, -0.25) is 0 Å². The van der Waals surface area contributed by atoms with E-state index in [1.807, 2.05) is 13.0 Å². The summed E-state index contributed by atoms with van der Waals surface area (Å²) in [5.41, 5.74) is 1.76. The second-order valence-corrected chi connectivity index (χ2v) is 5.28. The van der Waals surface area contributed by atoms with Crippen LogP contribution in [0.3, 0.4) is 0 Å². The molecule has 0 spiro atoms. The summed E-state index contributed by atoms with van der Waals surface area (Å²) in [7, 11) is 0. The molecule has 0 bridgehead atoms. The predicted molar refractivity (Wildman–Crippen MR) is 75.0 cm³/mol. The van der Waals surface area contributed by atoms with E-state index in [9.17, 15) is 8.78 Å². The van der Waals surface area contributed by atoms with E-state index in [-0.39, 0.29) is 11.1 Å². The molecule has 0 aliphatic carbocycles. The molecule has 0 amide bonds. The highest BCUT2D eigenvalue weighted by molar-refractivity contribution is 6.33. The maximum atomic E-state index is 13.9.